The number of nitrogen functional groups attached to an aromatic ring is 1. The summed E-state index contributed by atoms with van der Waals surface area (Å²) in [7, 11) is 5.05. The molecule has 158 valence electrons. The molecule has 2 aromatic heterocycles. The molecule has 0 bridgehead atoms. The quantitative estimate of drug-likeness (QED) is 0.597. The van der Waals surface area contributed by atoms with Crippen molar-refractivity contribution in [1.29, 1.82) is 0 Å². The lowest BCUT2D eigenvalue weighted by Crippen LogP contribution is -2.39. The first kappa shape index (κ1) is 20.9. The number of nitrogens with one attached hydrogen (secondary N) is 1. The number of hydrogen-bond acceptors (Lipinski definition) is 7. The van der Waals surface area contributed by atoms with Crippen molar-refractivity contribution in [3.8, 4) is 0 Å². The number of anilines is 2. The number of rotatable bonds is 6. The van der Waals surface area contributed by atoms with E-state index in [0.717, 1.165) is 10.9 Å². The van der Waals surface area contributed by atoms with Gasteiger partial charge in [0.05, 0.1) is 5.39 Å². The van der Waals surface area contributed by atoms with Crippen LogP contribution in [0.3, 0.4) is 0 Å². The van der Waals surface area contributed by atoms with Crippen LogP contribution in [0.1, 0.15) is 5.56 Å². The minimum Gasteiger partial charge on any atom is -0.445 e. The molecule has 3 aromatic rings. The van der Waals surface area contributed by atoms with E-state index in [2.05, 4.69) is 15.3 Å². The molecule has 2 amide bonds. The van der Waals surface area contributed by atoms with Gasteiger partial charge in [-0.15, -0.1) is 0 Å². The average Bonchev–Trinajstić information content (AvgIpc) is 3.20. The number of carbonyl (C=O) groups is 2. The Morgan fingerprint density at radius 3 is 2.50 bits per heavy atom. The first-order valence-corrected chi connectivity index (χ1v) is 9.38. The second kappa shape index (κ2) is 9.12. The molecule has 0 spiro atoms. The van der Waals surface area contributed by atoms with Crippen molar-refractivity contribution >= 4 is 34.7 Å². The summed E-state index contributed by atoms with van der Waals surface area (Å²) in [5, 5.41) is 3.73. The molecule has 30 heavy (non-hydrogen) atoms. The highest BCUT2D eigenvalue weighted by atomic mass is 16.6. The van der Waals surface area contributed by atoms with E-state index in [4.69, 9.17) is 10.5 Å². The van der Waals surface area contributed by atoms with Crippen LogP contribution in [0.25, 0.3) is 11.0 Å². The Bertz CT molecular complexity index is 1030. The molecule has 0 saturated heterocycles. The van der Waals surface area contributed by atoms with E-state index < -0.39 is 6.09 Å². The van der Waals surface area contributed by atoms with Crippen molar-refractivity contribution in [3.05, 3.63) is 48.4 Å². The summed E-state index contributed by atoms with van der Waals surface area (Å²) in [4.78, 5) is 36.3. The van der Waals surface area contributed by atoms with E-state index in [1.807, 2.05) is 0 Å². The molecule has 0 aliphatic heterocycles. The number of nitrogens with zero attached hydrogens (tertiary/aromatic N) is 5. The van der Waals surface area contributed by atoms with Gasteiger partial charge in [0.1, 0.15) is 18.8 Å². The Kier molecular flexibility index (Phi) is 6.35. The molecule has 3 rings (SSSR count). The van der Waals surface area contributed by atoms with Gasteiger partial charge in [-0.25, -0.2) is 19.6 Å². The molecule has 3 N–H and O–H groups in total. The van der Waals surface area contributed by atoms with Gasteiger partial charge in [0.2, 0.25) is 0 Å². The van der Waals surface area contributed by atoms with Gasteiger partial charge in [0.25, 0.3) is 0 Å². The van der Waals surface area contributed by atoms with E-state index in [1.54, 1.807) is 57.7 Å². The fraction of sp³-hybridized carbons (Fsp3) is 0.300. The summed E-state index contributed by atoms with van der Waals surface area (Å²) in [5.74, 6) is 0.651. The fourth-order valence-corrected chi connectivity index (χ4v) is 2.84. The third-order valence-electron chi connectivity index (χ3n) is 4.68. The molecule has 0 atom stereocenters. The van der Waals surface area contributed by atoms with Crippen LogP contribution >= 0.6 is 0 Å². The first-order chi connectivity index (χ1) is 14.4. The highest BCUT2D eigenvalue weighted by Crippen LogP contribution is 2.20. The normalized spacial score (nSPS) is 10.6. The van der Waals surface area contributed by atoms with Crippen molar-refractivity contribution in [2.24, 2.45) is 0 Å². The molecule has 0 aliphatic rings. The van der Waals surface area contributed by atoms with E-state index in [1.165, 1.54) is 20.7 Å². The Hall–Kier alpha value is -3.82. The maximum absolute atomic E-state index is 12.8. The van der Waals surface area contributed by atoms with Gasteiger partial charge < -0.3 is 25.6 Å². The smallest absolute Gasteiger partial charge is 0.409 e. The van der Waals surface area contributed by atoms with Crippen LogP contribution in [0.4, 0.5) is 21.1 Å². The standard InChI is InChI=1S/C20H25N7O3/c1-22-17-16-8-9-27(18(16)24-13-23-17)19(28)25(2)10-11-26(3)20(29)30-12-14-4-6-15(21)7-5-14/h4-9,13H,10-12,21H2,1-3H3,(H,22,23,24). The van der Waals surface area contributed by atoms with Crippen LogP contribution in [0.2, 0.25) is 0 Å². The molecule has 10 heteroatoms. The lowest BCUT2D eigenvalue weighted by atomic mass is 10.2. The topological polar surface area (TPSA) is 119 Å². The van der Waals surface area contributed by atoms with Crippen LogP contribution in [0.5, 0.6) is 0 Å². The lowest BCUT2D eigenvalue weighted by Gasteiger charge is -2.22. The Labute approximate surface area is 174 Å². The zero-order chi connectivity index (χ0) is 21.7. The van der Waals surface area contributed by atoms with Crippen LogP contribution < -0.4 is 11.1 Å². The number of ether oxygens (including phenoxy) is 1. The number of amides is 2. The minimum absolute atomic E-state index is 0.154. The zero-order valence-corrected chi connectivity index (χ0v) is 17.2. The number of likely N-dealkylation sites (N-methyl/N-ethyl adjacent to an activating group) is 2. The third-order valence-corrected chi connectivity index (χ3v) is 4.68. The van der Waals surface area contributed by atoms with Crippen molar-refractivity contribution in [2.45, 2.75) is 6.61 Å². The largest absolute Gasteiger partial charge is 0.445 e. The van der Waals surface area contributed by atoms with Gasteiger partial charge in [-0.1, -0.05) is 12.1 Å². The van der Waals surface area contributed by atoms with Gasteiger partial charge in [-0.05, 0) is 23.8 Å². The summed E-state index contributed by atoms with van der Waals surface area (Å²) < 4.78 is 6.75. The van der Waals surface area contributed by atoms with Crippen LogP contribution in [0.15, 0.2) is 42.9 Å². The lowest BCUT2D eigenvalue weighted by molar-refractivity contribution is 0.102. The van der Waals surface area contributed by atoms with E-state index in [9.17, 15) is 9.59 Å². The van der Waals surface area contributed by atoms with Crippen molar-refractivity contribution in [3.63, 3.8) is 0 Å². The van der Waals surface area contributed by atoms with E-state index >= 15 is 0 Å². The number of nitrogens with two attached hydrogens (primary N) is 1. The Balaban J connectivity index is 1.54. The molecule has 0 saturated carbocycles. The number of aromatic nitrogens is 3. The molecule has 0 aliphatic carbocycles. The summed E-state index contributed by atoms with van der Waals surface area (Å²) >= 11 is 0. The van der Waals surface area contributed by atoms with Gasteiger partial charge in [-0.2, -0.15) is 0 Å². The number of hydrogen-bond donors (Lipinski definition) is 2. The number of benzene rings is 1. The monoisotopic (exact) mass is 411 g/mol. The highest BCUT2D eigenvalue weighted by molar-refractivity contribution is 5.94. The highest BCUT2D eigenvalue weighted by Gasteiger charge is 2.18. The summed E-state index contributed by atoms with van der Waals surface area (Å²) in [6.45, 7) is 0.801. The van der Waals surface area contributed by atoms with Crippen LogP contribution in [-0.4, -0.2) is 70.7 Å². The van der Waals surface area contributed by atoms with Crippen LogP contribution in [-0.2, 0) is 11.3 Å². The predicted octanol–water partition coefficient (Wildman–Crippen LogP) is 2.22. The molecule has 10 nitrogen and oxygen atoms in total. The second-order valence-electron chi connectivity index (χ2n) is 6.82. The molecule has 0 fully saturated rings. The fourth-order valence-electron chi connectivity index (χ4n) is 2.84. The second-order valence-corrected chi connectivity index (χ2v) is 6.82. The van der Waals surface area contributed by atoms with E-state index in [-0.39, 0.29) is 12.6 Å². The van der Waals surface area contributed by atoms with Crippen molar-refractivity contribution < 1.29 is 14.3 Å². The molecule has 0 radical (unpaired) electrons. The van der Waals surface area contributed by atoms with Gasteiger partial charge in [-0.3, -0.25) is 4.57 Å². The number of fused-ring (bicyclic) bond motifs is 1. The van der Waals surface area contributed by atoms with Gasteiger partial charge >= 0.3 is 12.1 Å². The third kappa shape index (κ3) is 4.59. The number of carbonyl (C=O) groups excluding carboxylic acids is 2. The molecular weight excluding hydrogens is 386 g/mol. The summed E-state index contributed by atoms with van der Waals surface area (Å²) in [5.41, 5.74) is 7.66. The Morgan fingerprint density at radius 1 is 1.10 bits per heavy atom. The molecule has 1 aromatic carbocycles. The summed E-state index contributed by atoms with van der Waals surface area (Å²) in [6, 6.07) is 8.65. The summed E-state index contributed by atoms with van der Waals surface area (Å²) in [6.07, 6.45) is 2.59. The van der Waals surface area contributed by atoms with E-state index in [0.29, 0.717) is 30.2 Å². The predicted molar refractivity (Wildman–Crippen MR) is 114 cm³/mol. The zero-order valence-electron chi connectivity index (χ0n) is 17.2. The van der Waals surface area contributed by atoms with Crippen LogP contribution in [0, 0.1) is 0 Å². The SMILES string of the molecule is CNc1ncnc2c1ccn2C(=O)N(C)CCN(C)C(=O)OCc1ccc(N)cc1. The average molecular weight is 411 g/mol. The van der Waals surface area contributed by atoms with Gasteiger partial charge in [0.15, 0.2) is 5.65 Å². The molecular formula is C20H25N7O3. The van der Waals surface area contributed by atoms with Gasteiger partial charge in [0, 0.05) is 46.1 Å². The van der Waals surface area contributed by atoms with Crippen molar-refractivity contribution in [2.75, 3.05) is 45.3 Å². The molecule has 0 unspecified atom stereocenters. The first-order valence-electron chi connectivity index (χ1n) is 9.38. The maximum atomic E-state index is 12.8. The molecule has 2 heterocycles. The minimum atomic E-state index is -0.467. The maximum Gasteiger partial charge on any atom is 0.409 e. The van der Waals surface area contributed by atoms with Crippen molar-refractivity contribution in [1.82, 2.24) is 24.3 Å². The Morgan fingerprint density at radius 2 is 1.80 bits per heavy atom.